The zero-order valence-corrected chi connectivity index (χ0v) is 18.1. The van der Waals surface area contributed by atoms with Gasteiger partial charge in [0.2, 0.25) is 10.0 Å². The van der Waals surface area contributed by atoms with Gasteiger partial charge in [0, 0.05) is 25.2 Å². The zero-order chi connectivity index (χ0) is 23.1. The summed E-state index contributed by atoms with van der Waals surface area (Å²) in [5.74, 6) is -0.359. The molecule has 10 heteroatoms. The lowest BCUT2D eigenvalue weighted by Crippen LogP contribution is -2.30. The highest BCUT2D eigenvalue weighted by molar-refractivity contribution is 7.89. The third-order valence-electron chi connectivity index (χ3n) is 4.47. The fourth-order valence-electron chi connectivity index (χ4n) is 2.81. The van der Waals surface area contributed by atoms with Gasteiger partial charge >= 0.3 is 6.18 Å². The number of hydrogen-bond acceptors (Lipinski definition) is 4. The highest BCUT2D eigenvalue weighted by atomic mass is 32.2. The number of carbonyl (C=O) groups is 1. The van der Waals surface area contributed by atoms with Gasteiger partial charge in [0.05, 0.1) is 11.5 Å². The number of nitrogens with zero attached hydrogens (tertiary/aromatic N) is 1. The molecule has 0 aliphatic rings. The largest absolute Gasteiger partial charge is 0.411 e. The van der Waals surface area contributed by atoms with Crippen molar-refractivity contribution in [2.24, 2.45) is 0 Å². The van der Waals surface area contributed by atoms with E-state index in [0.717, 1.165) is 5.56 Å². The predicted molar refractivity (Wildman–Crippen MR) is 110 cm³/mol. The smallest absolute Gasteiger partial charge is 0.367 e. The molecule has 0 atom stereocenters. The van der Waals surface area contributed by atoms with E-state index >= 15 is 0 Å². The van der Waals surface area contributed by atoms with Crippen LogP contribution in [0.5, 0.6) is 0 Å². The van der Waals surface area contributed by atoms with Crippen molar-refractivity contribution in [3.05, 3.63) is 65.2 Å². The molecule has 0 unspecified atom stereocenters. The van der Waals surface area contributed by atoms with E-state index in [1.807, 2.05) is 0 Å². The van der Waals surface area contributed by atoms with Crippen molar-refractivity contribution in [3.8, 4) is 0 Å². The zero-order valence-electron chi connectivity index (χ0n) is 17.3. The summed E-state index contributed by atoms with van der Waals surface area (Å²) in [7, 11) is -3.54. The number of carbonyl (C=O) groups excluding carboxylic acids is 1. The molecule has 0 bridgehead atoms. The Bertz CT molecular complexity index is 956. The monoisotopic (exact) mass is 458 g/mol. The molecular formula is C21H25F3N2O4S. The molecule has 170 valence electrons. The first-order chi connectivity index (χ1) is 14.6. The highest BCUT2D eigenvalue weighted by Gasteiger charge is 2.27. The Morgan fingerprint density at radius 2 is 1.52 bits per heavy atom. The number of benzene rings is 2. The number of ether oxygens (including phenoxy) is 1. The van der Waals surface area contributed by atoms with E-state index in [2.05, 4.69) is 10.1 Å². The number of nitrogens with one attached hydrogen (secondary N) is 1. The summed E-state index contributed by atoms with van der Waals surface area (Å²) in [6.45, 7) is 2.96. The molecule has 0 saturated carbocycles. The predicted octanol–water partition coefficient (Wildman–Crippen LogP) is 3.73. The van der Waals surface area contributed by atoms with Crippen LogP contribution < -0.4 is 5.32 Å². The van der Waals surface area contributed by atoms with Gasteiger partial charge in [-0.25, -0.2) is 8.42 Å². The SMILES string of the molecule is CCN(CC)S(=O)(=O)c1ccc(CNC(=O)c2ccc(COCC(F)(F)F)cc2)cc1. The van der Waals surface area contributed by atoms with E-state index in [1.165, 1.54) is 40.7 Å². The maximum absolute atomic E-state index is 12.5. The van der Waals surface area contributed by atoms with Gasteiger partial charge in [0.1, 0.15) is 6.61 Å². The van der Waals surface area contributed by atoms with Crippen molar-refractivity contribution < 1.29 is 31.1 Å². The average molecular weight is 459 g/mol. The Hall–Kier alpha value is -2.43. The van der Waals surface area contributed by atoms with Crippen LogP contribution in [0.2, 0.25) is 0 Å². The number of halogens is 3. The normalized spacial score (nSPS) is 12.2. The number of amides is 1. The van der Waals surface area contributed by atoms with Gasteiger partial charge in [-0.3, -0.25) is 4.79 Å². The quantitative estimate of drug-likeness (QED) is 0.589. The molecule has 2 aromatic carbocycles. The summed E-state index contributed by atoms with van der Waals surface area (Å²) < 4.78 is 67.2. The Balaban J connectivity index is 1.91. The van der Waals surface area contributed by atoms with Gasteiger partial charge < -0.3 is 10.1 Å². The van der Waals surface area contributed by atoms with Crippen LogP contribution in [0.4, 0.5) is 13.2 Å². The van der Waals surface area contributed by atoms with Crippen LogP contribution in [-0.2, 0) is 27.9 Å². The lowest BCUT2D eigenvalue weighted by atomic mass is 10.1. The molecule has 0 aliphatic carbocycles. The molecule has 2 aromatic rings. The lowest BCUT2D eigenvalue weighted by Gasteiger charge is -2.18. The fourth-order valence-corrected chi connectivity index (χ4v) is 4.27. The van der Waals surface area contributed by atoms with Gasteiger partial charge in [-0.1, -0.05) is 38.1 Å². The molecule has 0 saturated heterocycles. The highest BCUT2D eigenvalue weighted by Crippen LogP contribution is 2.17. The summed E-state index contributed by atoms with van der Waals surface area (Å²) in [5.41, 5.74) is 1.59. The van der Waals surface area contributed by atoms with E-state index in [9.17, 15) is 26.4 Å². The van der Waals surface area contributed by atoms with Crippen molar-refractivity contribution in [2.75, 3.05) is 19.7 Å². The van der Waals surface area contributed by atoms with Gasteiger partial charge in [0.25, 0.3) is 5.91 Å². The van der Waals surface area contributed by atoms with Crippen LogP contribution in [0.3, 0.4) is 0 Å². The molecule has 2 rings (SSSR count). The minimum atomic E-state index is -4.38. The lowest BCUT2D eigenvalue weighted by molar-refractivity contribution is -0.176. The molecule has 0 aliphatic heterocycles. The van der Waals surface area contributed by atoms with Crippen LogP contribution in [0.15, 0.2) is 53.4 Å². The molecule has 6 nitrogen and oxygen atoms in total. The van der Waals surface area contributed by atoms with Crippen LogP contribution in [0.25, 0.3) is 0 Å². The maximum Gasteiger partial charge on any atom is 0.411 e. The molecule has 1 N–H and O–H groups in total. The summed E-state index contributed by atoms with van der Waals surface area (Å²) in [6, 6.07) is 12.3. The maximum atomic E-state index is 12.5. The number of sulfonamides is 1. The summed E-state index contributed by atoms with van der Waals surface area (Å²) in [5, 5.41) is 2.72. The molecule has 0 spiro atoms. The Morgan fingerprint density at radius 3 is 2.03 bits per heavy atom. The topological polar surface area (TPSA) is 75.7 Å². The number of alkyl halides is 3. The van der Waals surface area contributed by atoms with E-state index < -0.39 is 22.8 Å². The van der Waals surface area contributed by atoms with E-state index in [-0.39, 0.29) is 24.0 Å². The van der Waals surface area contributed by atoms with Gasteiger partial charge in [-0.15, -0.1) is 0 Å². The van der Waals surface area contributed by atoms with Crippen LogP contribution in [0.1, 0.15) is 35.3 Å². The molecular weight excluding hydrogens is 433 g/mol. The molecule has 0 radical (unpaired) electrons. The van der Waals surface area contributed by atoms with Crippen molar-refractivity contribution in [3.63, 3.8) is 0 Å². The summed E-state index contributed by atoms with van der Waals surface area (Å²) in [6.07, 6.45) is -4.38. The first kappa shape index (κ1) is 24.8. The van der Waals surface area contributed by atoms with Crippen LogP contribution >= 0.6 is 0 Å². The number of rotatable bonds is 10. The van der Waals surface area contributed by atoms with E-state index in [1.54, 1.807) is 26.0 Å². The standard InChI is InChI=1S/C21H25F3N2O4S/c1-3-26(4-2)31(28,29)19-11-7-16(8-12-19)13-25-20(27)18-9-5-17(6-10-18)14-30-15-21(22,23)24/h5-12H,3-4,13-15H2,1-2H3,(H,25,27). The molecule has 0 heterocycles. The number of hydrogen-bond donors (Lipinski definition) is 1. The van der Waals surface area contributed by atoms with E-state index in [4.69, 9.17) is 0 Å². The van der Waals surface area contributed by atoms with Crippen molar-refractivity contribution in [1.29, 1.82) is 0 Å². The molecule has 0 fully saturated rings. The summed E-state index contributed by atoms with van der Waals surface area (Å²) >= 11 is 0. The second-order valence-corrected chi connectivity index (χ2v) is 8.66. The minimum absolute atomic E-state index is 0.189. The van der Waals surface area contributed by atoms with Gasteiger partial charge in [-0.05, 0) is 35.4 Å². The second-order valence-electron chi connectivity index (χ2n) is 6.72. The molecule has 31 heavy (non-hydrogen) atoms. The van der Waals surface area contributed by atoms with Gasteiger partial charge in [0.15, 0.2) is 0 Å². The van der Waals surface area contributed by atoms with Crippen LogP contribution in [0, 0.1) is 0 Å². The van der Waals surface area contributed by atoms with Crippen LogP contribution in [-0.4, -0.2) is 44.5 Å². The second kappa shape index (κ2) is 10.7. The first-order valence-electron chi connectivity index (χ1n) is 9.67. The Morgan fingerprint density at radius 1 is 0.968 bits per heavy atom. The molecule has 1 amide bonds. The minimum Gasteiger partial charge on any atom is -0.367 e. The average Bonchev–Trinajstić information content (AvgIpc) is 2.72. The Labute approximate surface area is 180 Å². The summed E-state index contributed by atoms with van der Waals surface area (Å²) in [4.78, 5) is 12.5. The first-order valence-corrected chi connectivity index (χ1v) is 11.1. The Kier molecular flexibility index (Phi) is 8.60. The van der Waals surface area contributed by atoms with Crippen molar-refractivity contribution in [2.45, 2.75) is 38.1 Å². The fraction of sp³-hybridized carbons (Fsp3) is 0.381. The van der Waals surface area contributed by atoms with Crippen molar-refractivity contribution >= 4 is 15.9 Å². The third-order valence-corrected chi connectivity index (χ3v) is 6.53. The van der Waals surface area contributed by atoms with E-state index in [0.29, 0.717) is 24.2 Å². The van der Waals surface area contributed by atoms with Gasteiger partial charge in [-0.2, -0.15) is 17.5 Å². The third kappa shape index (κ3) is 7.34. The van der Waals surface area contributed by atoms with Crippen molar-refractivity contribution in [1.82, 2.24) is 9.62 Å². The molecule has 0 aromatic heterocycles.